The van der Waals surface area contributed by atoms with Gasteiger partial charge in [0.15, 0.2) is 0 Å². The van der Waals surface area contributed by atoms with Gasteiger partial charge < -0.3 is 10.6 Å². The third-order valence-corrected chi connectivity index (χ3v) is 2.49. The molecule has 100 valence electrons. The number of hydrogen-bond acceptors (Lipinski definition) is 4. The molecule has 0 aromatic heterocycles. The number of nitrogens with zero attached hydrogens (tertiary/aromatic N) is 1. The van der Waals surface area contributed by atoms with Crippen LogP contribution in [0.25, 0.3) is 0 Å². The summed E-state index contributed by atoms with van der Waals surface area (Å²) in [6.45, 7) is 7.50. The van der Waals surface area contributed by atoms with Gasteiger partial charge in [-0.25, -0.2) is 0 Å². The molecule has 0 saturated heterocycles. The van der Waals surface area contributed by atoms with Gasteiger partial charge in [0, 0.05) is 29.7 Å². The largest absolute Gasteiger partial charge is 0.378 e. The molecular weight excluding hydrogens is 254 g/mol. The molecular formula is C12H18ClN3O2. The fraction of sp³-hybridized carbons (Fsp3) is 0.500. The summed E-state index contributed by atoms with van der Waals surface area (Å²) < 4.78 is 0. The third-order valence-electron chi connectivity index (χ3n) is 2.25. The Balaban J connectivity index is 2.61. The van der Waals surface area contributed by atoms with Crippen LogP contribution in [-0.2, 0) is 0 Å². The molecule has 0 amide bonds. The van der Waals surface area contributed by atoms with Crippen LogP contribution >= 0.6 is 11.6 Å². The molecule has 18 heavy (non-hydrogen) atoms. The highest BCUT2D eigenvalue weighted by Gasteiger charge is 2.13. The summed E-state index contributed by atoms with van der Waals surface area (Å²) in [5.41, 5.74) is 0.514. The van der Waals surface area contributed by atoms with Gasteiger partial charge in [-0.05, 0) is 32.9 Å². The Bertz CT molecular complexity index is 430. The monoisotopic (exact) mass is 271 g/mol. The Morgan fingerprint density at radius 1 is 1.33 bits per heavy atom. The second-order valence-electron chi connectivity index (χ2n) is 5.02. The number of rotatable bonds is 5. The van der Waals surface area contributed by atoms with Crippen LogP contribution in [-0.4, -0.2) is 23.6 Å². The minimum atomic E-state index is -0.421. The molecule has 0 radical (unpaired) electrons. The average Bonchev–Trinajstić information content (AvgIpc) is 2.22. The van der Waals surface area contributed by atoms with Crippen molar-refractivity contribution in [3.8, 4) is 0 Å². The van der Waals surface area contributed by atoms with E-state index in [0.717, 1.165) is 0 Å². The molecule has 0 heterocycles. The zero-order valence-corrected chi connectivity index (χ0v) is 11.5. The Labute approximate surface area is 112 Å². The molecule has 6 heteroatoms. The molecule has 0 aliphatic heterocycles. The van der Waals surface area contributed by atoms with Crippen LogP contribution in [0.15, 0.2) is 18.2 Å². The molecule has 2 N–H and O–H groups in total. The first-order valence-corrected chi connectivity index (χ1v) is 6.10. The van der Waals surface area contributed by atoms with E-state index >= 15 is 0 Å². The van der Waals surface area contributed by atoms with Crippen molar-refractivity contribution in [2.45, 2.75) is 26.3 Å². The van der Waals surface area contributed by atoms with Crippen molar-refractivity contribution in [3.05, 3.63) is 33.3 Å². The number of anilines is 1. The molecule has 0 aliphatic carbocycles. The van der Waals surface area contributed by atoms with Gasteiger partial charge in [0.2, 0.25) is 0 Å². The van der Waals surface area contributed by atoms with E-state index in [1.807, 2.05) is 0 Å². The fourth-order valence-corrected chi connectivity index (χ4v) is 1.62. The van der Waals surface area contributed by atoms with Crippen LogP contribution in [0.5, 0.6) is 0 Å². The van der Waals surface area contributed by atoms with Gasteiger partial charge in [0.25, 0.3) is 5.69 Å². The van der Waals surface area contributed by atoms with E-state index in [2.05, 4.69) is 31.4 Å². The lowest BCUT2D eigenvalue weighted by molar-refractivity contribution is -0.384. The topological polar surface area (TPSA) is 67.2 Å². The Kier molecular flexibility index (Phi) is 4.93. The standard InChI is InChI=1S/C12H18ClN3O2/c1-12(2,3)15-7-6-14-10-8-9(13)4-5-11(10)16(17)18/h4-5,8,14-15H,6-7H2,1-3H3. The van der Waals surface area contributed by atoms with E-state index in [4.69, 9.17) is 11.6 Å². The van der Waals surface area contributed by atoms with Crippen LogP contribution in [0.3, 0.4) is 0 Å². The highest BCUT2D eigenvalue weighted by molar-refractivity contribution is 6.31. The van der Waals surface area contributed by atoms with Crippen LogP contribution in [0.4, 0.5) is 11.4 Å². The zero-order valence-electron chi connectivity index (χ0n) is 10.8. The quantitative estimate of drug-likeness (QED) is 0.491. The molecule has 0 unspecified atom stereocenters. The minimum absolute atomic E-state index is 0.0297. The van der Waals surface area contributed by atoms with Gasteiger partial charge >= 0.3 is 0 Å². The lowest BCUT2D eigenvalue weighted by atomic mass is 10.1. The minimum Gasteiger partial charge on any atom is -0.378 e. The van der Waals surface area contributed by atoms with Crippen molar-refractivity contribution in [1.29, 1.82) is 0 Å². The number of benzene rings is 1. The van der Waals surface area contributed by atoms with E-state index in [1.165, 1.54) is 12.1 Å². The molecule has 5 nitrogen and oxygen atoms in total. The smallest absolute Gasteiger partial charge is 0.292 e. The predicted molar refractivity (Wildman–Crippen MR) is 74.4 cm³/mol. The van der Waals surface area contributed by atoms with Crippen LogP contribution < -0.4 is 10.6 Å². The first-order valence-electron chi connectivity index (χ1n) is 5.72. The summed E-state index contributed by atoms with van der Waals surface area (Å²) in [6.07, 6.45) is 0. The van der Waals surface area contributed by atoms with Gasteiger partial charge in [-0.2, -0.15) is 0 Å². The second-order valence-corrected chi connectivity index (χ2v) is 5.46. The van der Waals surface area contributed by atoms with Gasteiger partial charge in [0.1, 0.15) is 5.69 Å². The molecule has 0 atom stereocenters. The Morgan fingerprint density at radius 3 is 2.56 bits per heavy atom. The molecule has 0 fully saturated rings. The normalized spacial score (nSPS) is 11.3. The fourth-order valence-electron chi connectivity index (χ4n) is 1.44. The van der Waals surface area contributed by atoms with Gasteiger partial charge in [0.05, 0.1) is 4.92 Å². The number of hydrogen-bond donors (Lipinski definition) is 2. The summed E-state index contributed by atoms with van der Waals surface area (Å²) in [7, 11) is 0. The molecule has 0 saturated carbocycles. The molecule has 1 aromatic rings. The van der Waals surface area contributed by atoms with E-state index < -0.39 is 4.92 Å². The van der Waals surface area contributed by atoms with Crippen molar-refractivity contribution in [2.24, 2.45) is 0 Å². The summed E-state index contributed by atoms with van der Waals surface area (Å²) in [5, 5.41) is 17.6. The van der Waals surface area contributed by atoms with Gasteiger partial charge in [-0.3, -0.25) is 10.1 Å². The van der Waals surface area contributed by atoms with Crippen molar-refractivity contribution in [1.82, 2.24) is 5.32 Å². The highest BCUT2D eigenvalue weighted by atomic mass is 35.5. The number of nitro benzene ring substituents is 1. The maximum atomic E-state index is 10.8. The summed E-state index contributed by atoms with van der Waals surface area (Å²) in [4.78, 5) is 10.4. The number of nitro groups is 1. The zero-order chi connectivity index (χ0) is 13.8. The molecule has 1 rings (SSSR count). The van der Waals surface area contributed by atoms with Crippen LogP contribution in [0.1, 0.15) is 20.8 Å². The summed E-state index contributed by atoms with van der Waals surface area (Å²) >= 11 is 5.83. The van der Waals surface area contributed by atoms with Gasteiger partial charge in [-0.1, -0.05) is 11.6 Å². The van der Waals surface area contributed by atoms with E-state index in [-0.39, 0.29) is 11.2 Å². The SMILES string of the molecule is CC(C)(C)NCCNc1cc(Cl)ccc1[N+](=O)[O-]. The molecule has 1 aromatic carbocycles. The van der Waals surface area contributed by atoms with Crippen LogP contribution in [0, 0.1) is 10.1 Å². The highest BCUT2D eigenvalue weighted by Crippen LogP contribution is 2.27. The molecule has 0 spiro atoms. The van der Waals surface area contributed by atoms with Crippen molar-refractivity contribution in [2.75, 3.05) is 18.4 Å². The first-order chi connectivity index (χ1) is 8.29. The van der Waals surface area contributed by atoms with Gasteiger partial charge in [-0.15, -0.1) is 0 Å². The van der Waals surface area contributed by atoms with E-state index in [9.17, 15) is 10.1 Å². The summed E-state index contributed by atoms with van der Waals surface area (Å²) in [6, 6.07) is 4.48. The average molecular weight is 272 g/mol. The first kappa shape index (κ1) is 14.7. The molecule has 0 bridgehead atoms. The number of nitrogens with one attached hydrogen (secondary N) is 2. The van der Waals surface area contributed by atoms with Crippen LogP contribution in [0.2, 0.25) is 5.02 Å². The van der Waals surface area contributed by atoms with Crippen molar-refractivity contribution < 1.29 is 4.92 Å². The maximum Gasteiger partial charge on any atom is 0.292 e. The lowest BCUT2D eigenvalue weighted by Crippen LogP contribution is -2.38. The third kappa shape index (κ3) is 4.89. The Morgan fingerprint density at radius 2 is 2.00 bits per heavy atom. The van der Waals surface area contributed by atoms with E-state index in [0.29, 0.717) is 23.8 Å². The van der Waals surface area contributed by atoms with Crippen molar-refractivity contribution >= 4 is 23.0 Å². The van der Waals surface area contributed by atoms with Crippen molar-refractivity contribution in [3.63, 3.8) is 0 Å². The predicted octanol–water partition coefficient (Wildman–Crippen LogP) is 3.05. The molecule has 0 aliphatic rings. The summed E-state index contributed by atoms with van der Waals surface area (Å²) in [5.74, 6) is 0. The van der Waals surface area contributed by atoms with E-state index in [1.54, 1.807) is 6.07 Å². The Hall–Kier alpha value is -1.33. The lowest BCUT2D eigenvalue weighted by Gasteiger charge is -2.20. The maximum absolute atomic E-state index is 10.8. The second kappa shape index (κ2) is 6.02. The number of halogens is 1.